The number of rotatable bonds is 5. The molecule has 1 fully saturated rings. The summed E-state index contributed by atoms with van der Waals surface area (Å²) in [5.41, 5.74) is 1.80. The van der Waals surface area contributed by atoms with Gasteiger partial charge in [-0.2, -0.15) is 5.10 Å². The number of methoxy groups -OCH3 is 1. The van der Waals surface area contributed by atoms with E-state index in [0.717, 1.165) is 16.9 Å². The molecule has 1 atom stereocenters. The summed E-state index contributed by atoms with van der Waals surface area (Å²) in [6.07, 6.45) is 4.35. The fourth-order valence-corrected chi connectivity index (χ4v) is 4.68. The van der Waals surface area contributed by atoms with Crippen molar-refractivity contribution in [2.45, 2.75) is 18.9 Å². The standard InChI is InChI=1S/C18H23N3O4S/c1-20-12-15(11-19-20)17-13-26(23,24)10-9-21(17)18(22)8-5-14-3-6-16(25-2)7-4-14/h3-4,6-7,11-12,17H,5,8-10,13H2,1-2H3/t17-/m1/s1. The van der Waals surface area contributed by atoms with E-state index in [2.05, 4.69) is 5.10 Å². The summed E-state index contributed by atoms with van der Waals surface area (Å²) < 4.78 is 30.9. The van der Waals surface area contributed by atoms with Crippen molar-refractivity contribution in [2.24, 2.45) is 7.05 Å². The van der Waals surface area contributed by atoms with E-state index in [-0.39, 0.29) is 24.0 Å². The Labute approximate surface area is 153 Å². The lowest BCUT2D eigenvalue weighted by molar-refractivity contribution is -0.133. The van der Waals surface area contributed by atoms with Crippen molar-refractivity contribution < 1.29 is 17.9 Å². The van der Waals surface area contributed by atoms with Gasteiger partial charge in [-0.3, -0.25) is 9.48 Å². The third kappa shape index (κ3) is 4.24. The third-order valence-corrected chi connectivity index (χ3v) is 6.28. The summed E-state index contributed by atoms with van der Waals surface area (Å²) in [4.78, 5) is 14.5. The molecule has 1 aromatic carbocycles. The van der Waals surface area contributed by atoms with Gasteiger partial charge in [-0.05, 0) is 24.1 Å². The normalized spacial score (nSPS) is 19.3. The Morgan fingerprint density at radius 3 is 2.65 bits per heavy atom. The van der Waals surface area contributed by atoms with Crippen molar-refractivity contribution in [1.82, 2.24) is 14.7 Å². The van der Waals surface area contributed by atoms with E-state index in [1.807, 2.05) is 24.3 Å². The lowest BCUT2D eigenvalue weighted by atomic mass is 10.1. The average molecular weight is 377 g/mol. The molecule has 0 saturated carbocycles. The van der Waals surface area contributed by atoms with Gasteiger partial charge in [0.25, 0.3) is 0 Å². The number of amides is 1. The number of aromatic nitrogens is 2. The number of aryl methyl sites for hydroxylation is 2. The zero-order valence-electron chi connectivity index (χ0n) is 15.0. The average Bonchev–Trinajstić information content (AvgIpc) is 3.05. The molecule has 1 aliphatic heterocycles. The molecule has 1 aliphatic rings. The smallest absolute Gasteiger partial charge is 0.223 e. The Hall–Kier alpha value is -2.35. The Kier molecular flexibility index (Phi) is 5.31. The highest BCUT2D eigenvalue weighted by Gasteiger charge is 2.35. The molecule has 1 aromatic heterocycles. The van der Waals surface area contributed by atoms with Crippen molar-refractivity contribution in [3.8, 4) is 5.75 Å². The number of hydrogen-bond donors (Lipinski definition) is 0. The molecule has 2 aromatic rings. The Morgan fingerprint density at radius 2 is 2.04 bits per heavy atom. The lowest BCUT2D eigenvalue weighted by Crippen LogP contribution is -2.46. The monoisotopic (exact) mass is 377 g/mol. The number of hydrogen-bond acceptors (Lipinski definition) is 5. The predicted octanol–water partition coefficient (Wildman–Crippen LogP) is 1.36. The number of nitrogens with zero attached hydrogens (tertiary/aromatic N) is 3. The minimum atomic E-state index is -3.16. The van der Waals surface area contributed by atoms with Gasteiger partial charge < -0.3 is 9.64 Å². The summed E-state index contributed by atoms with van der Waals surface area (Å²) in [5.74, 6) is 0.702. The van der Waals surface area contributed by atoms with E-state index in [0.29, 0.717) is 12.8 Å². The SMILES string of the molecule is COc1ccc(CCC(=O)N2CCS(=O)(=O)C[C@@H]2c2cnn(C)c2)cc1. The summed E-state index contributed by atoms with van der Waals surface area (Å²) in [6.45, 7) is 0.226. The van der Waals surface area contributed by atoms with Crippen molar-refractivity contribution in [3.63, 3.8) is 0 Å². The highest BCUT2D eigenvalue weighted by Crippen LogP contribution is 2.27. The Balaban J connectivity index is 1.71. The Bertz CT molecular complexity index is 874. The van der Waals surface area contributed by atoms with Crippen LogP contribution in [0.3, 0.4) is 0 Å². The van der Waals surface area contributed by atoms with Gasteiger partial charge in [0, 0.05) is 31.8 Å². The second-order valence-electron chi connectivity index (χ2n) is 6.51. The van der Waals surface area contributed by atoms with E-state index < -0.39 is 15.9 Å². The number of benzene rings is 1. The minimum absolute atomic E-state index is 0.0119. The van der Waals surface area contributed by atoms with Crippen LogP contribution in [0.15, 0.2) is 36.7 Å². The van der Waals surface area contributed by atoms with Gasteiger partial charge in [0.1, 0.15) is 5.75 Å². The quantitative estimate of drug-likeness (QED) is 0.786. The molecule has 0 spiro atoms. The molecule has 8 heteroatoms. The summed E-state index contributed by atoms with van der Waals surface area (Å²) in [7, 11) is 0.230. The maximum atomic E-state index is 12.8. The van der Waals surface area contributed by atoms with Gasteiger partial charge in [-0.15, -0.1) is 0 Å². The predicted molar refractivity (Wildman–Crippen MR) is 97.6 cm³/mol. The van der Waals surface area contributed by atoms with E-state index >= 15 is 0 Å². The molecule has 0 N–H and O–H groups in total. The largest absolute Gasteiger partial charge is 0.497 e. The Morgan fingerprint density at radius 1 is 1.31 bits per heavy atom. The van der Waals surface area contributed by atoms with Crippen LogP contribution in [0.1, 0.15) is 23.6 Å². The highest BCUT2D eigenvalue weighted by molar-refractivity contribution is 7.91. The molecule has 26 heavy (non-hydrogen) atoms. The second-order valence-corrected chi connectivity index (χ2v) is 8.74. The van der Waals surface area contributed by atoms with Crippen LogP contribution in [0.2, 0.25) is 0 Å². The summed E-state index contributed by atoms with van der Waals surface area (Å²) in [6, 6.07) is 7.14. The minimum Gasteiger partial charge on any atom is -0.497 e. The maximum absolute atomic E-state index is 12.8. The van der Waals surface area contributed by atoms with Crippen molar-refractivity contribution >= 4 is 15.7 Å². The first-order chi connectivity index (χ1) is 12.4. The molecule has 0 radical (unpaired) electrons. The van der Waals surface area contributed by atoms with Crippen molar-refractivity contribution in [3.05, 3.63) is 47.8 Å². The van der Waals surface area contributed by atoms with Crippen molar-refractivity contribution in [1.29, 1.82) is 0 Å². The van der Waals surface area contributed by atoms with E-state index in [1.165, 1.54) is 0 Å². The number of sulfone groups is 1. The van der Waals surface area contributed by atoms with Crippen LogP contribution in [0.4, 0.5) is 0 Å². The van der Waals surface area contributed by atoms with E-state index in [4.69, 9.17) is 4.74 Å². The van der Waals surface area contributed by atoms with Gasteiger partial charge >= 0.3 is 0 Å². The van der Waals surface area contributed by atoms with Crippen LogP contribution >= 0.6 is 0 Å². The van der Waals surface area contributed by atoms with E-state index in [9.17, 15) is 13.2 Å². The molecular formula is C18H23N3O4S. The van der Waals surface area contributed by atoms with Crippen LogP contribution in [-0.2, 0) is 28.1 Å². The third-order valence-electron chi connectivity index (χ3n) is 4.65. The molecule has 0 bridgehead atoms. The van der Waals surface area contributed by atoms with Gasteiger partial charge in [-0.1, -0.05) is 12.1 Å². The molecular weight excluding hydrogens is 354 g/mol. The number of carbonyl (C=O) groups excluding carboxylic acids is 1. The van der Waals surface area contributed by atoms with Gasteiger partial charge in [-0.25, -0.2) is 8.42 Å². The molecule has 2 heterocycles. The molecule has 0 aliphatic carbocycles. The van der Waals surface area contributed by atoms with Gasteiger partial charge in [0.05, 0.1) is 30.9 Å². The zero-order chi connectivity index (χ0) is 18.7. The molecule has 7 nitrogen and oxygen atoms in total. The van der Waals surface area contributed by atoms with Crippen LogP contribution in [0.25, 0.3) is 0 Å². The van der Waals surface area contributed by atoms with Gasteiger partial charge in [0.2, 0.25) is 5.91 Å². The summed E-state index contributed by atoms with van der Waals surface area (Å²) >= 11 is 0. The first-order valence-electron chi connectivity index (χ1n) is 8.49. The first kappa shape index (κ1) is 18.4. The second kappa shape index (κ2) is 7.49. The zero-order valence-corrected chi connectivity index (χ0v) is 15.8. The highest BCUT2D eigenvalue weighted by atomic mass is 32.2. The molecule has 1 saturated heterocycles. The number of ether oxygens (including phenoxy) is 1. The van der Waals surface area contributed by atoms with Crippen molar-refractivity contribution in [2.75, 3.05) is 25.2 Å². The first-order valence-corrected chi connectivity index (χ1v) is 10.3. The fraction of sp³-hybridized carbons (Fsp3) is 0.444. The topological polar surface area (TPSA) is 81.5 Å². The lowest BCUT2D eigenvalue weighted by Gasteiger charge is -2.35. The van der Waals surface area contributed by atoms with E-state index in [1.54, 1.807) is 36.1 Å². The maximum Gasteiger partial charge on any atom is 0.223 e. The van der Waals surface area contributed by atoms with Crippen LogP contribution < -0.4 is 4.74 Å². The molecule has 140 valence electrons. The van der Waals surface area contributed by atoms with Gasteiger partial charge in [0.15, 0.2) is 9.84 Å². The molecule has 3 rings (SSSR count). The summed E-state index contributed by atoms with van der Waals surface area (Å²) in [5, 5.41) is 4.12. The van der Waals surface area contributed by atoms with Crippen LogP contribution in [0, 0.1) is 0 Å². The van der Waals surface area contributed by atoms with Crippen LogP contribution in [0.5, 0.6) is 5.75 Å². The van der Waals surface area contributed by atoms with Crippen LogP contribution in [-0.4, -0.2) is 54.2 Å². The number of carbonyl (C=O) groups is 1. The molecule has 1 amide bonds. The fourth-order valence-electron chi connectivity index (χ4n) is 3.18. The molecule has 0 unspecified atom stereocenters.